The van der Waals surface area contributed by atoms with Gasteiger partial charge in [-0.25, -0.2) is 9.97 Å². The number of aromatic nitrogens is 2. The monoisotopic (exact) mass is 453 g/mol. The van der Waals surface area contributed by atoms with Gasteiger partial charge in [0.25, 0.3) is 0 Å². The lowest BCUT2D eigenvalue weighted by molar-refractivity contribution is 0.340. The van der Waals surface area contributed by atoms with Crippen LogP contribution >= 0.6 is 11.6 Å². The lowest BCUT2D eigenvalue weighted by Gasteiger charge is -2.23. The second kappa shape index (κ2) is 10.5. The third-order valence-electron chi connectivity index (χ3n) is 5.35. The van der Waals surface area contributed by atoms with Crippen LogP contribution in [0.1, 0.15) is 13.3 Å². The van der Waals surface area contributed by atoms with Gasteiger partial charge in [0.05, 0.1) is 24.4 Å². The van der Waals surface area contributed by atoms with Gasteiger partial charge in [0.15, 0.2) is 0 Å². The van der Waals surface area contributed by atoms with Crippen molar-refractivity contribution in [2.45, 2.75) is 13.3 Å². The minimum Gasteiger partial charge on any atom is -0.494 e. The first kappa shape index (κ1) is 22.2. The molecule has 2 N–H and O–H groups in total. The van der Waals surface area contributed by atoms with Gasteiger partial charge in [-0.15, -0.1) is 0 Å². The number of benzene rings is 2. The van der Waals surface area contributed by atoms with E-state index in [1.807, 2.05) is 31.2 Å². The van der Waals surface area contributed by atoms with Gasteiger partial charge in [-0.1, -0.05) is 17.7 Å². The van der Waals surface area contributed by atoms with Crippen molar-refractivity contribution in [3.63, 3.8) is 0 Å². The molecule has 0 radical (unpaired) electrons. The van der Waals surface area contributed by atoms with Crippen molar-refractivity contribution in [1.29, 1.82) is 0 Å². The molecule has 7 nitrogen and oxygen atoms in total. The molecule has 0 spiro atoms. The Morgan fingerprint density at radius 2 is 1.88 bits per heavy atom. The van der Waals surface area contributed by atoms with E-state index < -0.39 is 0 Å². The molecule has 1 aliphatic rings. The van der Waals surface area contributed by atoms with E-state index in [-0.39, 0.29) is 0 Å². The largest absolute Gasteiger partial charge is 0.494 e. The van der Waals surface area contributed by atoms with Crippen LogP contribution in [-0.4, -0.2) is 49.9 Å². The van der Waals surface area contributed by atoms with Crippen molar-refractivity contribution >= 4 is 28.9 Å². The van der Waals surface area contributed by atoms with E-state index in [1.165, 1.54) is 0 Å². The molecule has 0 saturated carbocycles. The fourth-order valence-electron chi connectivity index (χ4n) is 3.69. The highest BCUT2D eigenvalue weighted by atomic mass is 35.5. The van der Waals surface area contributed by atoms with Gasteiger partial charge in [0, 0.05) is 49.3 Å². The third kappa shape index (κ3) is 5.23. The number of hydrogen-bond donors (Lipinski definition) is 2. The summed E-state index contributed by atoms with van der Waals surface area (Å²) in [5.74, 6) is 1.91. The summed E-state index contributed by atoms with van der Waals surface area (Å²) < 4.78 is 11.2. The summed E-state index contributed by atoms with van der Waals surface area (Å²) in [5, 5.41) is 7.28. The van der Waals surface area contributed by atoms with E-state index in [4.69, 9.17) is 21.1 Å². The predicted molar refractivity (Wildman–Crippen MR) is 130 cm³/mol. The molecule has 0 bridgehead atoms. The summed E-state index contributed by atoms with van der Waals surface area (Å²) in [6.45, 7) is 6.54. The van der Waals surface area contributed by atoms with Gasteiger partial charge in [0.1, 0.15) is 11.5 Å². The molecule has 1 aromatic heterocycles. The maximum Gasteiger partial charge on any atom is 0.227 e. The van der Waals surface area contributed by atoms with Gasteiger partial charge in [0.2, 0.25) is 5.95 Å². The SMILES string of the molecule is CCOc1cc(-c2cnc(Nc3ccc(N4CCCNCC4)cc3OC)nc2)ccc1Cl. The first-order chi connectivity index (χ1) is 15.7. The van der Waals surface area contributed by atoms with Crippen LogP contribution in [-0.2, 0) is 0 Å². The van der Waals surface area contributed by atoms with Crippen molar-refractivity contribution < 1.29 is 9.47 Å². The number of hydrogen-bond acceptors (Lipinski definition) is 7. The molecule has 2 aromatic carbocycles. The Balaban J connectivity index is 1.50. The van der Waals surface area contributed by atoms with Crippen molar-refractivity contribution in [2.75, 3.05) is 50.1 Å². The molecular weight excluding hydrogens is 426 g/mol. The van der Waals surface area contributed by atoms with Crippen molar-refractivity contribution in [2.24, 2.45) is 0 Å². The lowest BCUT2D eigenvalue weighted by atomic mass is 10.1. The number of ether oxygens (including phenoxy) is 2. The molecule has 1 fully saturated rings. The van der Waals surface area contributed by atoms with Gasteiger partial charge < -0.3 is 25.0 Å². The average molecular weight is 454 g/mol. The Kier molecular flexibility index (Phi) is 7.29. The smallest absolute Gasteiger partial charge is 0.227 e. The summed E-state index contributed by atoms with van der Waals surface area (Å²) in [5.41, 5.74) is 3.80. The van der Waals surface area contributed by atoms with Crippen molar-refractivity contribution in [3.8, 4) is 22.6 Å². The van der Waals surface area contributed by atoms with E-state index >= 15 is 0 Å². The minimum absolute atomic E-state index is 0.498. The zero-order valence-electron chi connectivity index (χ0n) is 18.4. The molecular formula is C24H28ClN5O2. The van der Waals surface area contributed by atoms with E-state index in [0.29, 0.717) is 23.3 Å². The van der Waals surface area contributed by atoms with Crippen LogP contribution in [0.5, 0.6) is 11.5 Å². The normalized spacial score (nSPS) is 14.0. The highest BCUT2D eigenvalue weighted by Gasteiger charge is 2.13. The van der Waals surface area contributed by atoms with Crippen LogP contribution in [0, 0.1) is 0 Å². The molecule has 3 aromatic rings. The highest BCUT2D eigenvalue weighted by Crippen LogP contribution is 2.33. The molecule has 0 unspecified atom stereocenters. The number of rotatable bonds is 7. The highest BCUT2D eigenvalue weighted by molar-refractivity contribution is 6.32. The van der Waals surface area contributed by atoms with Gasteiger partial charge in [-0.05, 0) is 49.7 Å². The predicted octanol–water partition coefficient (Wildman–Crippen LogP) is 4.75. The Morgan fingerprint density at radius 3 is 2.66 bits per heavy atom. The second-order valence-corrected chi connectivity index (χ2v) is 7.88. The Morgan fingerprint density at radius 1 is 1.03 bits per heavy atom. The Bertz CT molecular complexity index is 1040. The maximum absolute atomic E-state index is 6.19. The number of halogens is 1. The maximum atomic E-state index is 6.19. The molecule has 168 valence electrons. The fourth-order valence-corrected chi connectivity index (χ4v) is 3.87. The topological polar surface area (TPSA) is 71.5 Å². The second-order valence-electron chi connectivity index (χ2n) is 7.47. The number of nitrogens with zero attached hydrogens (tertiary/aromatic N) is 3. The summed E-state index contributed by atoms with van der Waals surface area (Å²) in [7, 11) is 1.68. The molecule has 2 heterocycles. The van der Waals surface area contributed by atoms with Gasteiger partial charge >= 0.3 is 0 Å². The summed E-state index contributed by atoms with van der Waals surface area (Å²) in [6.07, 6.45) is 4.68. The molecule has 0 amide bonds. The van der Waals surface area contributed by atoms with E-state index in [1.54, 1.807) is 19.5 Å². The average Bonchev–Trinajstić information content (AvgIpc) is 3.11. The van der Waals surface area contributed by atoms with E-state index in [9.17, 15) is 0 Å². The molecule has 8 heteroatoms. The lowest BCUT2D eigenvalue weighted by Crippen LogP contribution is -2.27. The van der Waals surface area contributed by atoms with Crippen LogP contribution in [0.25, 0.3) is 11.1 Å². The Labute approximate surface area is 193 Å². The third-order valence-corrected chi connectivity index (χ3v) is 5.67. The quantitative estimate of drug-likeness (QED) is 0.535. The summed E-state index contributed by atoms with van der Waals surface area (Å²) >= 11 is 6.19. The zero-order chi connectivity index (χ0) is 22.3. The fraction of sp³-hybridized carbons (Fsp3) is 0.333. The number of nitrogens with one attached hydrogen (secondary N) is 2. The molecule has 1 aliphatic heterocycles. The molecule has 1 saturated heterocycles. The van der Waals surface area contributed by atoms with Crippen LogP contribution < -0.4 is 25.0 Å². The number of anilines is 3. The van der Waals surface area contributed by atoms with Crippen LogP contribution in [0.4, 0.5) is 17.3 Å². The van der Waals surface area contributed by atoms with Crippen LogP contribution in [0.2, 0.25) is 5.02 Å². The van der Waals surface area contributed by atoms with Crippen molar-refractivity contribution in [1.82, 2.24) is 15.3 Å². The van der Waals surface area contributed by atoms with Crippen LogP contribution in [0.15, 0.2) is 48.8 Å². The Hall–Kier alpha value is -3.03. The molecule has 0 atom stereocenters. The minimum atomic E-state index is 0.498. The number of methoxy groups -OCH3 is 1. The van der Waals surface area contributed by atoms with E-state index in [2.05, 4.69) is 37.6 Å². The van der Waals surface area contributed by atoms with E-state index in [0.717, 1.165) is 60.9 Å². The van der Waals surface area contributed by atoms with Gasteiger partial charge in [-0.3, -0.25) is 0 Å². The standard InChI is InChI=1S/C24H28ClN5O2/c1-3-32-22-13-17(5-7-20(22)25)18-15-27-24(28-16-18)29-21-8-6-19(14-23(21)31-2)30-11-4-9-26-10-12-30/h5-8,13-16,26H,3-4,9-12H2,1-2H3,(H,27,28,29). The summed E-state index contributed by atoms with van der Waals surface area (Å²) in [6, 6.07) is 11.8. The van der Waals surface area contributed by atoms with Crippen LogP contribution in [0.3, 0.4) is 0 Å². The first-order valence-corrected chi connectivity index (χ1v) is 11.2. The van der Waals surface area contributed by atoms with Crippen molar-refractivity contribution in [3.05, 3.63) is 53.8 Å². The molecule has 4 rings (SSSR count). The summed E-state index contributed by atoms with van der Waals surface area (Å²) in [4.78, 5) is 11.3. The molecule has 32 heavy (non-hydrogen) atoms. The molecule has 0 aliphatic carbocycles. The first-order valence-electron chi connectivity index (χ1n) is 10.8. The zero-order valence-corrected chi connectivity index (χ0v) is 19.2. The van der Waals surface area contributed by atoms with Gasteiger partial charge in [-0.2, -0.15) is 0 Å².